The maximum atomic E-state index is 12.0. The molecule has 114 valence electrons. The molecular weight excluding hydrogens is 274 g/mol. The lowest BCUT2D eigenvalue weighted by molar-refractivity contribution is -0.126. The van der Waals surface area contributed by atoms with E-state index in [0.717, 1.165) is 5.56 Å². The number of methoxy groups -OCH3 is 2. The minimum atomic E-state index is -0.417. The summed E-state index contributed by atoms with van der Waals surface area (Å²) in [6.07, 6.45) is 0. The number of hydrogen-bond acceptors (Lipinski definition) is 5. The van der Waals surface area contributed by atoms with Crippen molar-refractivity contribution >= 4 is 11.8 Å². The standard InChI is InChI=1S/C14H19N3O4/c1-20-10-3-4-12(21-2)9(5-10)6-17-14(19)11-7-16-13(18)8-15-11/h3-5,11,15H,6-8H2,1-2H3,(H,16,18)(H,17,19). The number of carbonyl (C=O) groups is 2. The maximum absolute atomic E-state index is 12.0. The molecule has 1 aliphatic rings. The highest BCUT2D eigenvalue weighted by Gasteiger charge is 2.23. The fraction of sp³-hybridized carbons (Fsp3) is 0.429. The van der Waals surface area contributed by atoms with Crippen LogP contribution in [0.4, 0.5) is 0 Å². The second-order valence-corrected chi connectivity index (χ2v) is 4.63. The molecule has 3 N–H and O–H groups in total. The van der Waals surface area contributed by atoms with Crippen LogP contribution in [0.3, 0.4) is 0 Å². The van der Waals surface area contributed by atoms with E-state index in [1.165, 1.54) is 0 Å². The largest absolute Gasteiger partial charge is 0.497 e. The van der Waals surface area contributed by atoms with Crippen LogP contribution >= 0.6 is 0 Å². The van der Waals surface area contributed by atoms with Crippen molar-refractivity contribution in [2.24, 2.45) is 0 Å². The van der Waals surface area contributed by atoms with Crippen molar-refractivity contribution in [3.05, 3.63) is 23.8 Å². The Bertz CT molecular complexity index is 523. The molecule has 1 fully saturated rings. The first-order valence-corrected chi connectivity index (χ1v) is 6.62. The molecule has 0 aromatic heterocycles. The van der Waals surface area contributed by atoms with Crippen LogP contribution in [0.2, 0.25) is 0 Å². The van der Waals surface area contributed by atoms with Crippen molar-refractivity contribution < 1.29 is 19.1 Å². The highest BCUT2D eigenvalue weighted by atomic mass is 16.5. The normalized spacial score (nSPS) is 17.8. The lowest BCUT2D eigenvalue weighted by atomic mass is 10.1. The number of nitrogens with one attached hydrogen (secondary N) is 3. The fourth-order valence-corrected chi connectivity index (χ4v) is 2.08. The van der Waals surface area contributed by atoms with Gasteiger partial charge in [-0.3, -0.25) is 14.9 Å². The molecule has 0 aliphatic carbocycles. The van der Waals surface area contributed by atoms with E-state index in [0.29, 0.717) is 24.6 Å². The molecule has 7 heteroatoms. The van der Waals surface area contributed by atoms with Gasteiger partial charge in [-0.2, -0.15) is 0 Å². The van der Waals surface area contributed by atoms with Gasteiger partial charge in [0.25, 0.3) is 0 Å². The van der Waals surface area contributed by atoms with Crippen molar-refractivity contribution in [3.8, 4) is 11.5 Å². The van der Waals surface area contributed by atoms with Crippen molar-refractivity contribution in [1.29, 1.82) is 0 Å². The third kappa shape index (κ3) is 3.85. The number of hydrogen-bond donors (Lipinski definition) is 3. The van der Waals surface area contributed by atoms with Gasteiger partial charge < -0.3 is 20.1 Å². The highest BCUT2D eigenvalue weighted by molar-refractivity contribution is 5.86. The predicted octanol–water partition coefficient (Wildman–Crippen LogP) is -0.592. The van der Waals surface area contributed by atoms with Crippen LogP contribution in [0.5, 0.6) is 11.5 Å². The second kappa shape index (κ2) is 6.94. The molecular formula is C14H19N3O4. The van der Waals surface area contributed by atoms with Crippen molar-refractivity contribution in [2.45, 2.75) is 12.6 Å². The molecule has 0 spiro atoms. The molecule has 1 saturated heterocycles. The smallest absolute Gasteiger partial charge is 0.239 e. The van der Waals surface area contributed by atoms with Crippen LogP contribution in [-0.4, -0.2) is 45.2 Å². The molecule has 1 aromatic carbocycles. The Morgan fingerprint density at radius 3 is 2.81 bits per heavy atom. The van der Waals surface area contributed by atoms with Gasteiger partial charge in [-0.15, -0.1) is 0 Å². The summed E-state index contributed by atoms with van der Waals surface area (Å²) >= 11 is 0. The Labute approximate surface area is 123 Å². The molecule has 1 atom stereocenters. The molecule has 0 saturated carbocycles. The summed E-state index contributed by atoms with van der Waals surface area (Å²) in [5, 5.41) is 8.34. The molecule has 1 heterocycles. The van der Waals surface area contributed by atoms with Gasteiger partial charge in [0.05, 0.1) is 20.8 Å². The Hall–Kier alpha value is -2.28. The van der Waals surface area contributed by atoms with Gasteiger partial charge in [0.2, 0.25) is 11.8 Å². The van der Waals surface area contributed by atoms with Crippen LogP contribution in [-0.2, 0) is 16.1 Å². The Morgan fingerprint density at radius 1 is 1.38 bits per heavy atom. The van der Waals surface area contributed by atoms with Gasteiger partial charge in [-0.25, -0.2) is 0 Å². The van der Waals surface area contributed by atoms with E-state index < -0.39 is 6.04 Å². The average Bonchev–Trinajstić information content (AvgIpc) is 2.52. The third-order valence-corrected chi connectivity index (χ3v) is 3.27. The topological polar surface area (TPSA) is 88.7 Å². The molecule has 21 heavy (non-hydrogen) atoms. The van der Waals surface area contributed by atoms with Crippen LogP contribution in [0.15, 0.2) is 18.2 Å². The average molecular weight is 293 g/mol. The van der Waals surface area contributed by atoms with Crippen LogP contribution in [0, 0.1) is 0 Å². The summed E-state index contributed by atoms with van der Waals surface area (Å²) in [5.74, 6) is 1.11. The number of rotatable bonds is 5. The molecule has 1 aromatic rings. The van der Waals surface area contributed by atoms with E-state index in [-0.39, 0.29) is 18.4 Å². The van der Waals surface area contributed by atoms with Gasteiger partial charge >= 0.3 is 0 Å². The zero-order chi connectivity index (χ0) is 15.2. The summed E-state index contributed by atoms with van der Waals surface area (Å²) < 4.78 is 10.4. The first kappa shape index (κ1) is 15.1. The van der Waals surface area contributed by atoms with Crippen molar-refractivity contribution in [1.82, 2.24) is 16.0 Å². The molecule has 2 amide bonds. The lowest BCUT2D eigenvalue weighted by Crippen LogP contribution is -2.57. The number of amides is 2. The number of piperazine rings is 1. The van der Waals surface area contributed by atoms with E-state index in [4.69, 9.17) is 9.47 Å². The Kier molecular flexibility index (Phi) is 4.99. The van der Waals surface area contributed by atoms with Gasteiger partial charge in [0.1, 0.15) is 17.5 Å². The summed E-state index contributed by atoms with van der Waals surface area (Å²) in [6, 6.07) is 4.98. The van der Waals surface area contributed by atoms with Gasteiger partial charge in [-0.05, 0) is 18.2 Å². The van der Waals surface area contributed by atoms with Gasteiger partial charge in [-0.1, -0.05) is 0 Å². The monoisotopic (exact) mass is 293 g/mol. The number of carbonyl (C=O) groups excluding carboxylic acids is 2. The van der Waals surface area contributed by atoms with Gasteiger partial charge in [0.15, 0.2) is 0 Å². The van der Waals surface area contributed by atoms with E-state index in [2.05, 4.69) is 16.0 Å². The van der Waals surface area contributed by atoms with Crippen molar-refractivity contribution in [2.75, 3.05) is 27.3 Å². The first-order chi connectivity index (χ1) is 10.1. The minimum absolute atomic E-state index is 0.103. The van der Waals surface area contributed by atoms with E-state index >= 15 is 0 Å². The van der Waals surface area contributed by atoms with Crippen LogP contribution < -0.4 is 25.4 Å². The molecule has 7 nitrogen and oxygen atoms in total. The summed E-state index contributed by atoms with van der Waals surface area (Å²) in [6.45, 7) is 0.770. The SMILES string of the molecule is COc1ccc(OC)c(CNC(=O)C2CNC(=O)CN2)c1. The lowest BCUT2D eigenvalue weighted by Gasteiger charge is -2.23. The highest BCUT2D eigenvalue weighted by Crippen LogP contribution is 2.23. The first-order valence-electron chi connectivity index (χ1n) is 6.62. The summed E-state index contributed by atoms with van der Waals surface area (Å²) in [4.78, 5) is 23.1. The third-order valence-electron chi connectivity index (χ3n) is 3.27. The fourth-order valence-electron chi connectivity index (χ4n) is 2.08. The zero-order valence-electron chi connectivity index (χ0n) is 12.1. The summed E-state index contributed by atoms with van der Waals surface area (Å²) in [5.41, 5.74) is 0.824. The Balaban J connectivity index is 1.95. The zero-order valence-corrected chi connectivity index (χ0v) is 12.1. The molecule has 0 radical (unpaired) electrons. The molecule has 1 unspecified atom stereocenters. The number of benzene rings is 1. The molecule has 1 aliphatic heterocycles. The van der Waals surface area contributed by atoms with Gasteiger partial charge in [0, 0.05) is 18.7 Å². The predicted molar refractivity (Wildman–Crippen MR) is 76.2 cm³/mol. The van der Waals surface area contributed by atoms with E-state index in [1.54, 1.807) is 26.4 Å². The summed E-state index contributed by atoms with van der Waals surface area (Å²) in [7, 11) is 3.16. The second-order valence-electron chi connectivity index (χ2n) is 4.63. The number of ether oxygens (including phenoxy) is 2. The quantitative estimate of drug-likeness (QED) is 0.675. The van der Waals surface area contributed by atoms with E-state index in [1.807, 2.05) is 6.07 Å². The van der Waals surface area contributed by atoms with Crippen molar-refractivity contribution in [3.63, 3.8) is 0 Å². The Morgan fingerprint density at radius 2 is 2.19 bits per heavy atom. The molecule has 0 bridgehead atoms. The van der Waals surface area contributed by atoms with Crippen LogP contribution in [0.1, 0.15) is 5.56 Å². The minimum Gasteiger partial charge on any atom is -0.497 e. The molecule has 2 rings (SSSR count). The van der Waals surface area contributed by atoms with E-state index in [9.17, 15) is 9.59 Å². The van der Waals surface area contributed by atoms with Crippen LogP contribution in [0.25, 0.3) is 0 Å². The maximum Gasteiger partial charge on any atom is 0.239 e.